The van der Waals surface area contributed by atoms with Crippen molar-refractivity contribution in [3.05, 3.63) is 0 Å². The van der Waals surface area contributed by atoms with Crippen LogP contribution in [0.2, 0.25) is 0 Å². The first-order chi connectivity index (χ1) is 7.31. The third kappa shape index (κ3) is 5.39. The van der Waals surface area contributed by atoms with Crippen molar-refractivity contribution < 1.29 is 19.4 Å². The zero-order chi connectivity index (χ0) is 12.8. The first-order valence-electron chi connectivity index (χ1n) is 5.26. The molecule has 1 N–H and O–H groups in total. The Morgan fingerprint density at radius 2 is 2.00 bits per heavy atom. The normalized spacial score (nSPS) is 14.6. The summed E-state index contributed by atoms with van der Waals surface area (Å²) >= 11 is 1.30. The summed E-state index contributed by atoms with van der Waals surface area (Å²) in [6, 6.07) is 0. The van der Waals surface area contributed by atoms with Crippen molar-refractivity contribution in [2.75, 3.05) is 12.9 Å². The molecule has 0 rings (SSSR count). The molecule has 0 aliphatic heterocycles. The summed E-state index contributed by atoms with van der Waals surface area (Å²) in [6.45, 7) is 5.68. The Bertz CT molecular complexity index is 252. The summed E-state index contributed by atoms with van der Waals surface area (Å²) in [4.78, 5) is 22.1. The molecule has 0 spiro atoms. The van der Waals surface area contributed by atoms with E-state index < -0.39 is 10.7 Å². The third-order valence-electron chi connectivity index (χ3n) is 2.20. The lowest BCUT2D eigenvalue weighted by atomic mass is 9.98. The molecular formula is C11H20O4S. The number of esters is 1. The maximum atomic E-state index is 11.2. The van der Waals surface area contributed by atoms with Crippen molar-refractivity contribution in [1.82, 2.24) is 0 Å². The lowest BCUT2D eigenvalue weighted by Gasteiger charge is -2.25. The standard InChI is InChI=1S/C11H20O4S/c1-8(2)7-11(3,10(13)14)16-6-5-9(12)15-4/h8H,5-7H2,1-4H3,(H,13,14). The fourth-order valence-corrected chi connectivity index (χ4v) is 2.74. The second kappa shape index (κ2) is 6.78. The molecule has 0 aromatic heterocycles. The molecule has 0 aromatic carbocycles. The molecule has 1 unspecified atom stereocenters. The molecule has 0 saturated heterocycles. The van der Waals surface area contributed by atoms with Crippen LogP contribution in [0.25, 0.3) is 0 Å². The van der Waals surface area contributed by atoms with E-state index in [1.54, 1.807) is 6.92 Å². The Balaban J connectivity index is 4.23. The van der Waals surface area contributed by atoms with Crippen LogP contribution in [-0.4, -0.2) is 34.7 Å². The summed E-state index contributed by atoms with van der Waals surface area (Å²) in [6.07, 6.45) is 0.844. The molecule has 0 aliphatic rings. The van der Waals surface area contributed by atoms with E-state index in [2.05, 4.69) is 4.74 Å². The van der Waals surface area contributed by atoms with Gasteiger partial charge in [0, 0.05) is 5.75 Å². The maximum Gasteiger partial charge on any atom is 0.319 e. The van der Waals surface area contributed by atoms with Gasteiger partial charge in [0.15, 0.2) is 0 Å². The van der Waals surface area contributed by atoms with Crippen LogP contribution in [0, 0.1) is 5.92 Å². The van der Waals surface area contributed by atoms with Crippen LogP contribution in [0.1, 0.15) is 33.6 Å². The van der Waals surface area contributed by atoms with Gasteiger partial charge >= 0.3 is 11.9 Å². The molecule has 0 saturated carbocycles. The van der Waals surface area contributed by atoms with Gasteiger partial charge in [0.05, 0.1) is 13.5 Å². The van der Waals surface area contributed by atoms with Gasteiger partial charge in [0.1, 0.15) is 4.75 Å². The fourth-order valence-electron chi connectivity index (χ4n) is 1.45. The molecule has 94 valence electrons. The maximum absolute atomic E-state index is 11.2. The predicted molar refractivity (Wildman–Crippen MR) is 64.6 cm³/mol. The van der Waals surface area contributed by atoms with Crippen molar-refractivity contribution in [3.8, 4) is 0 Å². The van der Waals surface area contributed by atoms with Gasteiger partial charge in [-0.25, -0.2) is 0 Å². The number of ether oxygens (including phenoxy) is 1. The number of methoxy groups -OCH3 is 1. The lowest BCUT2D eigenvalue weighted by molar-refractivity contribution is -0.141. The zero-order valence-electron chi connectivity index (χ0n) is 10.3. The Kier molecular flexibility index (Phi) is 6.48. The van der Waals surface area contributed by atoms with E-state index in [-0.39, 0.29) is 12.4 Å². The summed E-state index contributed by atoms with van der Waals surface area (Å²) in [7, 11) is 1.33. The van der Waals surface area contributed by atoms with E-state index in [1.807, 2.05) is 13.8 Å². The zero-order valence-corrected chi connectivity index (χ0v) is 11.1. The molecule has 4 nitrogen and oxygen atoms in total. The highest BCUT2D eigenvalue weighted by molar-refractivity contribution is 8.01. The van der Waals surface area contributed by atoms with Gasteiger partial charge < -0.3 is 9.84 Å². The predicted octanol–water partition coefficient (Wildman–Crippen LogP) is 2.17. The summed E-state index contributed by atoms with van der Waals surface area (Å²) in [5.74, 6) is -0.338. The topological polar surface area (TPSA) is 63.6 Å². The molecule has 5 heteroatoms. The third-order valence-corrected chi connectivity index (χ3v) is 3.59. The summed E-state index contributed by atoms with van der Waals surface area (Å²) in [5, 5.41) is 9.17. The molecule has 16 heavy (non-hydrogen) atoms. The average molecular weight is 248 g/mol. The Morgan fingerprint density at radius 3 is 2.38 bits per heavy atom. The highest BCUT2D eigenvalue weighted by atomic mass is 32.2. The Hall–Kier alpha value is -0.710. The Labute approximate surface area is 101 Å². The van der Waals surface area contributed by atoms with Gasteiger partial charge in [-0.2, -0.15) is 0 Å². The van der Waals surface area contributed by atoms with Gasteiger partial charge in [0.25, 0.3) is 0 Å². The number of hydrogen-bond acceptors (Lipinski definition) is 4. The summed E-state index contributed by atoms with van der Waals surface area (Å²) in [5.41, 5.74) is 0. The molecule has 0 radical (unpaired) electrons. The minimum absolute atomic E-state index is 0.252. The second-order valence-electron chi connectivity index (χ2n) is 4.31. The van der Waals surface area contributed by atoms with Crippen molar-refractivity contribution >= 4 is 23.7 Å². The molecule has 0 aliphatic carbocycles. The van der Waals surface area contributed by atoms with Crippen LogP contribution in [0.3, 0.4) is 0 Å². The average Bonchev–Trinajstić information content (AvgIpc) is 2.16. The van der Waals surface area contributed by atoms with Crippen LogP contribution in [-0.2, 0) is 14.3 Å². The first-order valence-corrected chi connectivity index (χ1v) is 6.24. The summed E-state index contributed by atoms with van der Waals surface area (Å²) < 4.78 is 3.69. The highest BCUT2D eigenvalue weighted by Crippen LogP contribution is 2.32. The van der Waals surface area contributed by atoms with Crippen molar-refractivity contribution in [1.29, 1.82) is 0 Å². The van der Waals surface area contributed by atoms with E-state index in [0.29, 0.717) is 18.1 Å². The quantitative estimate of drug-likeness (QED) is 0.700. The van der Waals surface area contributed by atoms with E-state index in [1.165, 1.54) is 18.9 Å². The van der Waals surface area contributed by atoms with Crippen molar-refractivity contribution in [2.24, 2.45) is 5.92 Å². The van der Waals surface area contributed by atoms with Gasteiger partial charge in [-0.15, -0.1) is 11.8 Å². The van der Waals surface area contributed by atoms with Gasteiger partial charge in [-0.1, -0.05) is 13.8 Å². The number of carbonyl (C=O) groups excluding carboxylic acids is 1. The fraction of sp³-hybridized carbons (Fsp3) is 0.818. The minimum atomic E-state index is -0.823. The number of hydrogen-bond donors (Lipinski definition) is 1. The van der Waals surface area contributed by atoms with E-state index in [9.17, 15) is 9.59 Å². The number of thioether (sulfide) groups is 1. The molecular weight excluding hydrogens is 228 g/mol. The van der Waals surface area contributed by atoms with Crippen LogP contribution >= 0.6 is 11.8 Å². The number of carboxylic acids is 1. The Morgan fingerprint density at radius 1 is 1.44 bits per heavy atom. The lowest BCUT2D eigenvalue weighted by Crippen LogP contribution is -2.33. The van der Waals surface area contributed by atoms with Gasteiger partial charge in [-0.05, 0) is 19.3 Å². The van der Waals surface area contributed by atoms with Gasteiger partial charge in [-0.3, -0.25) is 9.59 Å². The van der Waals surface area contributed by atoms with Crippen LogP contribution in [0.15, 0.2) is 0 Å². The molecule has 1 atom stereocenters. The molecule has 0 heterocycles. The molecule has 0 fully saturated rings. The van der Waals surface area contributed by atoms with Gasteiger partial charge in [0.2, 0.25) is 0 Å². The van der Waals surface area contributed by atoms with Crippen molar-refractivity contribution in [2.45, 2.75) is 38.4 Å². The number of carboxylic acid groups (broad SMARTS) is 1. The van der Waals surface area contributed by atoms with Crippen LogP contribution in [0.4, 0.5) is 0 Å². The van der Waals surface area contributed by atoms with Crippen LogP contribution in [0.5, 0.6) is 0 Å². The number of aliphatic carboxylic acids is 1. The molecule has 0 bridgehead atoms. The number of rotatable bonds is 7. The monoisotopic (exact) mass is 248 g/mol. The largest absolute Gasteiger partial charge is 0.480 e. The second-order valence-corrected chi connectivity index (χ2v) is 5.91. The highest BCUT2D eigenvalue weighted by Gasteiger charge is 2.34. The molecule has 0 aromatic rings. The van der Waals surface area contributed by atoms with E-state index in [4.69, 9.17) is 5.11 Å². The van der Waals surface area contributed by atoms with Crippen molar-refractivity contribution in [3.63, 3.8) is 0 Å². The van der Waals surface area contributed by atoms with Crippen LogP contribution < -0.4 is 0 Å². The SMILES string of the molecule is COC(=O)CCSC(C)(CC(C)C)C(=O)O. The first kappa shape index (κ1) is 15.3. The number of carbonyl (C=O) groups is 2. The minimum Gasteiger partial charge on any atom is -0.480 e. The smallest absolute Gasteiger partial charge is 0.319 e. The van der Waals surface area contributed by atoms with E-state index >= 15 is 0 Å². The molecule has 0 amide bonds. The van der Waals surface area contributed by atoms with E-state index in [0.717, 1.165) is 0 Å².